The molecule has 3 nitrogen and oxygen atoms in total. The van der Waals surface area contributed by atoms with Crippen LogP contribution in [0.3, 0.4) is 0 Å². The fourth-order valence-corrected chi connectivity index (χ4v) is 2.14. The van der Waals surface area contributed by atoms with Gasteiger partial charge in [-0.3, -0.25) is 0 Å². The number of benzene rings is 1. The van der Waals surface area contributed by atoms with Crippen molar-refractivity contribution in [1.82, 2.24) is 0 Å². The van der Waals surface area contributed by atoms with Crippen LogP contribution in [-0.2, 0) is 6.42 Å². The van der Waals surface area contributed by atoms with Crippen LogP contribution in [0.1, 0.15) is 62.4 Å². The van der Waals surface area contributed by atoms with Crippen LogP contribution in [0.25, 0.3) is 0 Å². The van der Waals surface area contributed by atoms with Gasteiger partial charge >= 0.3 is 5.97 Å². The Balaban J connectivity index is 2.60. The van der Waals surface area contributed by atoms with Crippen molar-refractivity contribution in [1.29, 1.82) is 0 Å². The standard InChI is InChI=1S/C17H26O3/c1-4-7-14-9-10-15(17(18)19)16(12-14)20-11-6-5-8-13(2)3/h9-10,12-13H,4-8,11H2,1-3H3,(H,18,19). The normalized spacial score (nSPS) is 10.8. The first-order chi connectivity index (χ1) is 9.54. The lowest BCUT2D eigenvalue weighted by molar-refractivity contribution is 0.0692. The van der Waals surface area contributed by atoms with Gasteiger partial charge in [-0.25, -0.2) is 4.79 Å². The Labute approximate surface area is 122 Å². The molecule has 0 fully saturated rings. The summed E-state index contributed by atoms with van der Waals surface area (Å²) in [6, 6.07) is 5.39. The van der Waals surface area contributed by atoms with Gasteiger partial charge in [0.25, 0.3) is 0 Å². The molecule has 0 aromatic heterocycles. The number of hydrogen-bond donors (Lipinski definition) is 1. The summed E-state index contributed by atoms with van der Waals surface area (Å²) in [6.45, 7) is 7.11. The van der Waals surface area contributed by atoms with Crippen molar-refractivity contribution in [3.05, 3.63) is 29.3 Å². The molecule has 0 saturated heterocycles. The predicted molar refractivity (Wildman–Crippen MR) is 81.6 cm³/mol. The zero-order valence-electron chi connectivity index (χ0n) is 12.8. The fraction of sp³-hybridized carbons (Fsp3) is 0.588. The van der Waals surface area contributed by atoms with Gasteiger partial charge < -0.3 is 9.84 Å². The van der Waals surface area contributed by atoms with Crippen LogP contribution in [0.15, 0.2) is 18.2 Å². The van der Waals surface area contributed by atoms with Crippen molar-refractivity contribution >= 4 is 5.97 Å². The van der Waals surface area contributed by atoms with E-state index >= 15 is 0 Å². The van der Waals surface area contributed by atoms with Crippen molar-refractivity contribution in [2.45, 2.75) is 52.9 Å². The summed E-state index contributed by atoms with van der Waals surface area (Å²) in [6.07, 6.45) is 5.26. The first-order valence-electron chi connectivity index (χ1n) is 7.53. The molecule has 3 heteroatoms. The molecule has 0 aliphatic carbocycles. The average molecular weight is 278 g/mol. The number of carboxylic acid groups (broad SMARTS) is 1. The van der Waals surface area contributed by atoms with Crippen LogP contribution in [0.2, 0.25) is 0 Å². The zero-order valence-corrected chi connectivity index (χ0v) is 12.8. The fourth-order valence-electron chi connectivity index (χ4n) is 2.14. The SMILES string of the molecule is CCCc1ccc(C(=O)O)c(OCCCCC(C)C)c1. The molecule has 1 aromatic rings. The van der Waals surface area contributed by atoms with Crippen LogP contribution in [0, 0.1) is 5.92 Å². The van der Waals surface area contributed by atoms with E-state index < -0.39 is 5.97 Å². The molecule has 20 heavy (non-hydrogen) atoms. The van der Waals surface area contributed by atoms with E-state index in [4.69, 9.17) is 4.74 Å². The second-order valence-electron chi connectivity index (χ2n) is 5.62. The summed E-state index contributed by atoms with van der Waals surface area (Å²) in [5.74, 6) is 0.288. The van der Waals surface area contributed by atoms with Crippen LogP contribution in [0.5, 0.6) is 5.75 Å². The number of aromatic carboxylic acids is 1. The van der Waals surface area contributed by atoms with Gasteiger partial charge in [-0.15, -0.1) is 0 Å². The molecule has 0 atom stereocenters. The molecule has 112 valence electrons. The van der Waals surface area contributed by atoms with Gasteiger partial charge in [-0.05, 0) is 42.9 Å². The Morgan fingerprint density at radius 1 is 1.30 bits per heavy atom. The maximum atomic E-state index is 11.2. The Morgan fingerprint density at radius 3 is 2.65 bits per heavy atom. The zero-order chi connectivity index (χ0) is 15.0. The first kappa shape index (κ1) is 16.5. The maximum absolute atomic E-state index is 11.2. The van der Waals surface area contributed by atoms with Crippen LogP contribution in [-0.4, -0.2) is 17.7 Å². The maximum Gasteiger partial charge on any atom is 0.339 e. The van der Waals surface area contributed by atoms with Gasteiger partial charge in [0.2, 0.25) is 0 Å². The lowest BCUT2D eigenvalue weighted by atomic mass is 10.1. The summed E-state index contributed by atoms with van der Waals surface area (Å²) in [4.78, 5) is 11.2. The minimum absolute atomic E-state index is 0.258. The number of unbranched alkanes of at least 4 members (excludes halogenated alkanes) is 1. The highest BCUT2D eigenvalue weighted by atomic mass is 16.5. The lowest BCUT2D eigenvalue weighted by Crippen LogP contribution is -2.05. The summed E-state index contributed by atoms with van der Waals surface area (Å²) in [5.41, 5.74) is 1.39. The van der Waals surface area contributed by atoms with E-state index in [0.717, 1.165) is 31.2 Å². The van der Waals surface area contributed by atoms with Crippen LogP contribution >= 0.6 is 0 Å². The topological polar surface area (TPSA) is 46.5 Å². The molecule has 1 rings (SSSR count). The van der Waals surface area contributed by atoms with E-state index in [1.54, 1.807) is 6.07 Å². The molecular weight excluding hydrogens is 252 g/mol. The molecule has 0 saturated carbocycles. The van der Waals surface area contributed by atoms with Crippen molar-refractivity contribution < 1.29 is 14.6 Å². The number of carboxylic acids is 1. The van der Waals surface area contributed by atoms with Crippen LogP contribution < -0.4 is 4.74 Å². The Kier molecular flexibility index (Phi) is 7.13. The summed E-state index contributed by atoms with van der Waals surface area (Å²) < 4.78 is 5.69. The third-order valence-electron chi connectivity index (χ3n) is 3.25. The summed E-state index contributed by atoms with van der Waals surface area (Å²) in [7, 11) is 0. The molecule has 0 heterocycles. The van der Waals surface area contributed by atoms with Crippen molar-refractivity contribution in [3.63, 3.8) is 0 Å². The van der Waals surface area contributed by atoms with Crippen molar-refractivity contribution in [3.8, 4) is 5.75 Å². The molecule has 0 bridgehead atoms. The van der Waals surface area contributed by atoms with Crippen molar-refractivity contribution in [2.75, 3.05) is 6.61 Å². The molecule has 0 unspecified atom stereocenters. The molecule has 0 amide bonds. The van der Waals surface area contributed by atoms with Gasteiger partial charge in [0.15, 0.2) is 0 Å². The summed E-state index contributed by atoms with van der Waals surface area (Å²) >= 11 is 0. The largest absolute Gasteiger partial charge is 0.493 e. The van der Waals surface area contributed by atoms with Crippen LogP contribution in [0.4, 0.5) is 0 Å². The second kappa shape index (κ2) is 8.62. The molecule has 0 aliphatic rings. The number of ether oxygens (including phenoxy) is 1. The van der Waals surface area contributed by atoms with E-state index in [2.05, 4.69) is 20.8 Å². The minimum Gasteiger partial charge on any atom is -0.493 e. The van der Waals surface area contributed by atoms with E-state index in [0.29, 0.717) is 18.3 Å². The quantitative estimate of drug-likeness (QED) is 0.674. The molecule has 1 aromatic carbocycles. The monoisotopic (exact) mass is 278 g/mol. The third-order valence-corrected chi connectivity index (χ3v) is 3.25. The predicted octanol–water partition coefficient (Wildman–Crippen LogP) is 4.54. The minimum atomic E-state index is -0.926. The van der Waals surface area contributed by atoms with Gasteiger partial charge in [0, 0.05) is 0 Å². The van der Waals surface area contributed by atoms with Gasteiger partial charge in [-0.1, -0.05) is 39.7 Å². The molecule has 0 aliphatic heterocycles. The molecule has 0 radical (unpaired) electrons. The third kappa shape index (κ3) is 5.64. The Bertz CT molecular complexity index is 424. The van der Waals surface area contributed by atoms with E-state index in [1.165, 1.54) is 6.42 Å². The smallest absolute Gasteiger partial charge is 0.339 e. The highest BCUT2D eigenvalue weighted by Crippen LogP contribution is 2.22. The first-order valence-corrected chi connectivity index (χ1v) is 7.53. The highest BCUT2D eigenvalue weighted by Gasteiger charge is 2.11. The molecule has 0 spiro atoms. The molecular formula is C17H26O3. The number of carbonyl (C=O) groups is 1. The Hall–Kier alpha value is -1.51. The molecule has 1 N–H and O–H groups in total. The summed E-state index contributed by atoms with van der Waals surface area (Å²) in [5, 5.41) is 9.18. The Morgan fingerprint density at radius 2 is 2.05 bits per heavy atom. The number of aryl methyl sites for hydroxylation is 1. The van der Waals surface area contributed by atoms with Crippen molar-refractivity contribution in [2.24, 2.45) is 5.92 Å². The van der Waals surface area contributed by atoms with Gasteiger partial charge in [0.1, 0.15) is 11.3 Å². The highest BCUT2D eigenvalue weighted by molar-refractivity contribution is 5.90. The number of rotatable bonds is 9. The number of hydrogen-bond acceptors (Lipinski definition) is 2. The van der Waals surface area contributed by atoms with Gasteiger partial charge in [-0.2, -0.15) is 0 Å². The average Bonchev–Trinajstić information content (AvgIpc) is 2.38. The van der Waals surface area contributed by atoms with E-state index in [1.807, 2.05) is 12.1 Å². The lowest BCUT2D eigenvalue weighted by Gasteiger charge is -2.11. The van der Waals surface area contributed by atoms with E-state index in [-0.39, 0.29) is 5.56 Å². The van der Waals surface area contributed by atoms with Gasteiger partial charge in [0.05, 0.1) is 6.61 Å². The van der Waals surface area contributed by atoms with E-state index in [9.17, 15) is 9.90 Å². The second-order valence-corrected chi connectivity index (χ2v) is 5.62.